The fraction of sp³-hybridized carbons (Fsp3) is 0.444. The number of rotatable bonds is 4. The van der Waals surface area contributed by atoms with Crippen LogP contribution in [0.5, 0.6) is 5.75 Å². The number of hydrogen-bond donors (Lipinski definition) is 1. The number of aliphatic hydroxyl groups excluding tert-OH is 1. The van der Waals surface area contributed by atoms with Crippen LogP contribution in [0, 0.1) is 0 Å². The van der Waals surface area contributed by atoms with E-state index in [0.717, 1.165) is 66.2 Å². The van der Waals surface area contributed by atoms with E-state index in [9.17, 15) is 0 Å². The van der Waals surface area contributed by atoms with Crippen molar-refractivity contribution in [3.8, 4) is 5.75 Å². The number of benzene rings is 1. The minimum Gasteiger partial charge on any atom is -0.497 e. The van der Waals surface area contributed by atoms with Crippen LogP contribution in [0.1, 0.15) is 0 Å². The Bertz CT molecular complexity index is 899. The summed E-state index contributed by atoms with van der Waals surface area (Å²) >= 11 is 0. The summed E-state index contributed by atoms with van der Waals surface area (Å²) in [4.78, 5) is 13.7. The Balaban J connectivity index is 1.78. The third kappa shape index (κ3) is 2.69. The van der Waals surface area contributed by atoms with Crippen LogP contribution in [0.4, 0.5) is 5.82 Å². The van der Waals surface area contributed by atoms with E-state index in [2.05, 4.69) is 37.4 Å². The molecule has 1 aliphatic rings. The van der Waals surface area contributed by atoms with Crippen LogP contribution in [0.3, 0.4) is 0 Å². The Morgan fingerprint density at radius 1 is 1.16 bits per heavy atom. The average Bonchev–Trinajstić information content (AvgIpc) is 2.95. The lowest BCUT2D eigenvalue weighted by molar-refractivity contribution is 0.188. The van der Waals surface area contributed by atoms with E-state index in [4.69, 9.17) is 9.84 Å². The number of aromatic nitrogens is 3. The lowest BCUT2D eigenvalue weighted by Gasteiger charge is -2.35. The van der Waals surface area contributed by atoms with E-state index in [1.54, 1.807) is 13.4 Å². The normalized spacial score (nSPS) is 16.0. The topological polar surface area (TPSA) is 66.7 Å². The number of ether oxygens (including phenoxy) is 1. The molecular weight excluding hydrogens is 318 g/mol. The van der Waals surface area contributed by atoms with Gasteiger partial charge in [0.25, 0.3) is 0 Å². The summed E-state index contributed by atoms with van der Waals surface area (Å²) in [6.07, 6.45) is 1.65. The number of aryl methyl sites for hydroxylation is 1. The van der Waals surface area contributed by atoms with Crippen molar-refractivity contribution in [2.24, 2.45) is 7.05 Å². The van der Waals surface area contributed by atoms with Gasteiger partial charge in [-0.2, -0.15) is 0 Å². The molecule has 4 rings (SSSR count). The van der Waals surface area contributed by atoms with Crippen LogP contribution in [0.15, 0.2) is 24.5 Å². The first-order chi connectivity index (χ1) is 12.2. The van der Waals surface area contributed by atoms with Gasteiger partial charge in [0, 0.05) is 45.2 Å². The van der Waals surface area contributed by atoms with Gasteiger partial charge in [-0.3, -0.25) is 4.90 Å². The molecule has 132 valence electrons. The molecule has 1 aliphatic heterocycles. The molecule has 0 spiro atoms. The van der Waals surface area contributed by atoms with E-state index in [0.29, 0.717) is 0 Å². The molecule has 0 atom stereocenters. The monoisotopic (exact) mass is 341 g/mol. The molecule has 0 unspecified atom stereocenters. The van der Waals surface area contributed by atoms with Crippen molar-refractivity contribution in [2.45, 2.75) is 0 Å². The maximum atomic E-state index is 9.11. The lowest BCUT2D eigenvalue weighted by atomic mass is 10.2. The highest BCUT2D eigenvalue weighted by Gasteiger charge is 2.22. The number of hydrogen-bond acceptors (Lipinski definition) is 6. The molecule has 7 heteroatoms. The summed E-state index contributed by atoms with van der Waals surface area (Å²) in [5, 5.41) is 10.2. The summed E-state index contributed by atoms with van der Waals surface area (Å²) in [5.74, 6) is 1.81. The number of fused-ring (bicyclic) bond motifs is 3. The molecule has 1 aromatic carbocycles. The highest BCUT2D eigenvalue weighted by molar-refractivity contribution is 6.09. The molecule has 0 radical (unpaired) electrons. The first kappa shape index (κ1) is 16.1. The van der Waals surface area contributed by atoms with Gasteiger partial charge in [0.1, 0.15) is 23.1 Å². The van der Waals surface area contributed by atoms with Crippen molar-refractivity contribution >= 4 is 27.8 Å². The van der Waals surface area contributed by atoms with Crippen molar-refractivity contribution in [3.05, 3.63) is 24.5 Å². The van der Waals surface area contributed by atoms with E-state index in [1.807, 2.05) is 12.1 Å². The van der Waals surface area contributed by atoms with E-state index < -0.39 is 0 Å². The first-order valence-electron chi connectivity index (χ1n) is 8.58. The molecule has 0 amide bonds. The van der Waals surface area contributed by atoms with Crippen LogP contribution in [-0.4, -0.2) is 71.0 Å². The van der Waals surface area contributed by atoms with Crippen molar-refractivity contribution in [1.29, 1.82) is 0 Å². The highest BCUT2D eigenvalue weighted by Crippen LogP contribution is 2.33. The zero-order chi connectivity index (χ0) is 17.4. The van der Waals surface area contributed by atoms with Gasteiger partial charge in [-0.25, -0.2) is 9.97 Å². The molecule has 2 aromatic heterocycles. The van der Waals surface area contributed by atoms with Crippen molar-refractivity contribution < 1.29 is 9.84 Å². The Labute approximate surface area is 146 Å². The Morgan fingerprint density at radius 3 is 2.68 bits per heavy atom. The highest BCUT2D eigenvalue weighted by atomic mass is 16.5. The minimum absolute atomic E-state index is 0.211. The third-order valence-corrected chi connectivity index (χ3v) is 5.05. The summed E-state index contributed by atoms with van der Waals surface area (Å²) in [6.45, 7) is 4.62. The Hall–Kier alpha value is -2.38. The van der Waals surface area contributed by atoms with Gasteiger partial charge in [0.15, 0.2) is 5.82 Å². The van der Waals surface area contributed by atoms with E-state index in [-0.39, 0.29) is 6.61 Å². The van der Waals surface area contributed by atoms with Gasteiger partial charge in [-0.05, 0) is 18.2 Å². The zero-order valence-corrected chi connectivity index (χ0v) is 14.6. The lowest BCUT2D eigenvalue weighted by Crippen LogP contribution is -2.47. The van der Waals surface area contributed by atoms with Crippen LogP contribution in [0.25, 0.3) is 21.9 Å². The smallest absolute Gasteiger partial charge is 0.156 e. The number of β-amino-alcohol motifs (C(OH)–C–C–N with tert-alkyl or cyclic N) is 1. The molecule has 25 heavy (non-hydrogen) atoms. The second-order valence-electron chi connectivity index (χ2n) is 6.39. The second kappa shape index (κ2) is 6.50. The molecule has 3 heterocycles. The van der Waals surface area contributed by atoms with Crippen molar-refractivity contribution in [2.75, 3.05) is 51.3 Å². The van der Waals surface area contributed by atoms with E-state index >= 15 is 0 Å². The van der Waals surface area contributed by atoms with Crippen LogP contribution in [0.2, 0.25) is 0 Å². The summed E-state index contributed by atoms with van der Waals surface area (Å²) in [7, 11) is 3.74. The van der Waals surface area contributed by atoms with Crippen molar-refractivity contribution in [3.63, 3.8) is 0 Å². The quantitative estimate of drug-likeness (QED) is 0.770. The van der Waals surface area contributed by atoms with E-state index in [1.165, 1.54) is 0 Å². The van der Waals surface area contributed by atoms with Crippen molar-refractivity contribution in [1.82, 2.24) is 19.4 Å². The molecule has 0 saturated carbocycles. The number of anilines is 1. The zero-order valence-electron chi connectivity index (χ0n) is 14.6. The number of aliphatic hydroxyl groups is 1. The molecule has 7 nitrogen and oxygen atoms in total. The molecule has 3 aromatic rings. The van der Waals surface area contributed by atoms with Gasteiger partial charge in [0.05, 0.1) is 19.2 Å². The minimum atomic E-state index is 0.211. The van der Waals surface area contributed by atoms with Gasteiger partial charge in [0.2, 0.25) is 0 Å². The molecule has 1 N–H and O–H groups in total. The maximum Gasteiger partial charge on any atom is 0.156 e. The predicted octanol–water partition coefficient (Wildman–Crippen LogP) is 1.24. The van der Waals surface area contributed by atoms with Gasteiger partial charge >= 0.3 is 0 Å². The van der Waals surface area contributed by atoms with Crippen LogP contribution >= 0.6 is 0 Å². The molecule has 1 fully saturated rings. The van der Waals surface area contributed by atoms with Gasteiger partial charge in [-0.15, -0.1) is 0 Å². The van der Waals surface area contributed by atoms with Crippen LogP contribution in [-0.2, 0) is 7.05 Å². The SMILES string of the molecule is COc1ccc2c(c1)c1ncnc(N3CCN(CCO)CC3)c1n2C. The number of methoxy groups -OCH3 is 1. The Morgan fingerprint density at radius 2 is 1.96 bits per heavy atom. The Kier molecular flexibility index (Phi) is 4.19. The largest absolute Gasteiger partial charge is 0.497 e. The fourth-order valence-electron chi connectivity index (χ4n) is 3.68. The van der Waals surface area contributed by atoms with Gasteiger partial charge < -0.3 is 19.3 Å². The van der Waals surface area contributed by atoms with Gasteiger partial charge in [-0.1, -0.05) is 0 Å². The standard InChI is InChI=1S/C18H23N5O2/c1-21-15-4-3-13(25-2)11-14(15)16-17(21)18(20-12-19-16)23-7-5-22(6-8-23)9-10-24/h3-4,11-12,24H,5-10H2,1-2H3. The third-order valence-electron chi connectivity index (χ3n) is 5.05. The molecular formula is C18H23N5O2. The maximum absolute atomic E-state index is 9.11. The second-order valence-corrected chi connectivity index (χ2v) is 6.39. The number of nitrogens with zero attached hydrogens (tertiary/aromatic N) is 5. The summed E-state index contributed by atoms with van der Waals surface area (Å²) in [5.41, 5.74) is 3.14. The molecule has 0 aliphatic carbocycles. The molecule has 0 bridgehead atoms. The fourth-order valence-corrected chi connectivity index (χ4v) is 3.68. The average molecular weight is 341 g/mol. The molecule has 1 saturated heterocycles. The van der Waals surface area contributed by atoms with Crippen LogP contribution < -0.4 is 9.64 Å². The predicted molar refractivity (Wildman–Crippen MR) is 98.3 cm³/mol. The summed E-state index contributed by atoms with van der Waals surface area (Å²) < 4.78 is 7.54. The number of piperazine rings is 1. The first-order valence-corrected chi connectivity index (χ1v) is 8.58. The summed E-state index contributed by atoms with van der Waals surface area (Å²) in [6, 6.07) is 6.08.